The second-order valence-corrected chi connectivity index (χ2v) is 10.0. The van der Waals surface area contributed by atoms with Crippen molar-refractivity contribution in [2.45, 2.75) is 70.0 Å². The van der Waals surface area contributed by atoms with E-state index in [2.05, 4.69) is 13.0 Å². The molecule has 5 rings (SSSR count). The third-order valence-corrected chi connectivity index (χ3v) is 9.21. The summed E-state index contributed by atoms with van der Waals surface area (Å²) in [6.45, 7) is 2.53. The van der Waals surface area contributed by atoms with Crippen molar-refractivity contribution in [3.8, 4) is 0 Å². The van der Waals surface area contributed by atoms with Crippen molar-refractivity contribution < 1.29 is 24.5 Å². The van der Waals surface area contributed by atoms with E-state index < -0.39 is 11.0 Å². The molecule has 1 aliphatic heterocycles. The number of cyclic esters (lactones) is 1. The van der Waals surface area contributed by atoms with Crippen molar-refractivity contribution in [1.82, 2.24) is 0 Å². The number of fused-ring (bicyclic) bond motifs is 5. The summed E-state index contributed by atoms with van der Waals surface area (Å²) in [4.78, 5) is 24.0. The Bertz CT molecular complexity index is 784. The molecule has 0 amide bonds. The van der Waals surface area contributed by atoms with E-state index in [-0.39, 0.29) is 35.2 Å². The Hall–Kier alpha value is -1.46. The van der Waals surface area contributed by atoms with Gasteiger partial charge in [-0.3, -0.25) is 0 Å². The standard InChI is InChI=1S/C23H30O5/c1-21-7-5-18-19(3-2-15-11-16(25)4-8-22(15,18)13-24)23(21,27)9-6-17(21)14-10-20(26)28-12-14/h2,10,13,16-19,25,27H,3-9,11-12H2,1H3/t16-,17?,18?,19?,21+,22+,23-/m0/s1. The van der Waals surface area contributed by atoms with Gasteiger partial charge in [-0.1, -0.05) is 18.6 Å². The zero-order valence-electron chi connectivity index (χ0n) is 16.5. The van der Waals surface area contributed by atoms with Crippen molar-refractivity contribution >= 4 is 12.3 Å². The molecule has 3 saturated carbocycles. The number of aliphatic hydroxyl groups excluding tert-OH is 1. The summed E-state index contributed by atoms with van der Waals surface area (Å²) >= 11 is 0. The monoisotopic (exact) mass is 386 g/mol. The van der Waals surface area contributed by atoms with Crippen LogP contribution in [0.1, 0.15) is 58.3 Å². The Labute approximate surface area is 165 Å². The first-order chi connectivity index (χ1) is 13.3. The summed E-state index contributed by atoms with van der Waals surface area (Å²) in [7, 11) is 0. The number of rotatable bonds is 2. The summed E-state index contributed by atoms with van der Waals surface area (Å²) in [6, 6.07) is 0. The zero-order chi connectivity index (χ0) is 19.7. The summed E-state index contributed by atoms with van der Waals surface area (Å²) in [5.74, 6) is 0.0908. The minimum atomic E-state index is -0.832. The number of hydrogen-bond acceptors (Lipinski definition) is 5. The van der Waals surface area contributed by atoms with Gasteiger partial charge in [-0.2, -0.15) is 0 Å². The number of allylic oxidation sites excluding steroid dienone is 1. The van der Waals surface area contributed by atoms with Crippen LogP contribution in [0.25, 0.3) is 0 Å². The molecule has 0 aromatic rings. The van der Waals surface area contributed by atoms with E-state index in [0.717, 1.165) is 43.1 Å². The summed E-state index contributed by atoms with van der Waals surface area (Å²) in [6.07, 6.45) is 10.6. The molecule has 7 atom stereocenters. The third kappa shape index (κ3) is 2.20. The molecule has 0 spiro atoms. The van der Waals surface area contributed by atoms with Crippen molar-refractivity contribution in [1.29, 1.82) is 0 Å². The van der Waals surface area contributed by atoms with Crippen LogP contribution in [0.5, 0.6) is 0 Å². The van der Waals surface area contributed by atoms with Gasteiger partial charge >= 0.3 is 5.97 Å². The smallest absolute Gasteiger partial charge is 0.331 e. The van der Waals surface area contributed by atoms with Crippen LogP contribution in [0, 0.1) is 28.6 Å². The molecule has 3 unspecified atom stereocenters. The molecule has 4 aliphatic carbocycles. The van der Waals surface area contributed by atoms with Gasteiger partial charge < -0.3 is 19.7 Å². The first-order valence-corrected chi connectivity index (χ1v) is 10.8. The molecule has 0 aromatic carbocycles. The maximum Gasteiger partial charge on any atom is 0.331 e. The topological polar surface area (TPSA) is 83.8 Å². The molecule has 5 aliphatic rings. The Morgan fingerprint density at radius 3 is 2.71 bits per heavy atom. The normalized spacial score (nSPS) is 50.0. The molecule has 5 nitrogen and oxygen atoms in total. The SMILES string of the molecule is C[C@]12CCC3C(CC=C4C[C@@H](O)CC[C@@]43C=O)[C@@]1(O)CCC2C1=CC(=O)OC1. The number of carbonyl (C=O) groups is 2. The molecule has 0 saturated heterocycles. The van der Waals surface area contributed by atoms with Gasteiger partial charge in [0, 0.05) is 11.5 Å². The van der Waals surface area contributed by atoms with Crippen LogP contribution in [0.2, 0.25) is 0 Å². The highest BCUT2D eigenvalue weighted by atomic mass is 16.5. The van der Waals surface area contributed by atoms with Crippen LogP contribution in [-0.4, -0.2) is 40.8 Å². The van der Waals surface area contributed by atoms with Crippen LogP contribution in [-0.2, 0) is 14.3 Å². The molecular weight excluding hydrogens is 356 g/mol. The van der Waals surface area contributed by atoms with Crippen LogP contribution in [0.4, 0.5) is 0 Å². The third-order valence-electron chi connectivity index (χ3n) is 9.21. The van der Waals surface area contributed by atoms with Crippen molar-refractivity contribution in [3.05, 3.63) is 23.3 Å². The van der Waals surface area contributed by atoms with Gasteiger partial charge in [-0.15, -0.1) is 0 Å². The summed E-state index contributed by atoms with van der Waals surface area (Å²) in [5, 5.41) is 22.2. The largest absolute Gasteiger partial charge is 0.458 e. The molecule has 28 heavy (non-hydrogen) atoms. The van der Waals surface area contributed by atoms with Crippen molar-refractivity contribution in [2.75, 3.05) is 6.61 Å². The molecule has 0 aromatic heterocycles. The second kappa shape index (κ2) is 6.02. The lowest BCUT2D eigenvalue weighted by Crippen LogP contribution is -2.61. The highest BCUT2D eigenvalue weighted by molar-refractivity contribution is 5.85. The van der Waals surface area contributed by atoms with Crippen LogP contribution < -0.4 is 0 Å². The number of carbonyl (C=O) groups excluding carboxylic acids is 2. The number of ether oxygens (including phenoxy) is 1. The molecule has 0 radical (unpaired) electrons. The fourth-order valence-corrected chi connectivity index (χ4v) is 7.72. The van der Waals surface area contributed by atoms with E-state index in [1.807, 2.05) is 0 Å². The quantitative estimate of drug-likeness (QED) is 0.433. The number of hydrogen-bond donors (Lipinski definition) is 2. The minimum Gasteiger partial charge on any atom is -0.458 e. The van der Waals surface area contributed by atoms with Crippen LogP contribution in [0.15, 0.2) is 23.3 Å². The fraction of sp³-hybridized carbons (Fsp3) is 0.739. The first-order valence-electron chi connectivity index (χ1n) is 10.8. The molecule has 2 N–H and O–H groups in total. The molecule has 3 fully saturated rings. The Morgan fingerprint density at radius 1 is 1.18 bits per heavy atom. The average molecular weight is 386 g/mol. The van der Waals surface area contributed by atoms with Crippen molar-refractivity contribution in [3.63, 3.8) is 0 Å². The lowest BCUT2D eigenvalue weighted by Gasteiger charge is -2.60. The lowest BCUT2D eigenvalue weighted by molar-refractivity contribution is -0.178. The molecule has 0 bridgehead atoms. The summed E-state index contributed by atoms with van der Waals surface area (Å²) in [5.41, 5.74) is 0.489. The van der Waals surface area contributed by atoms with Gasteiger partial charge in [0.15, 0.2) is 0 Å². The minimum absolute atomic E-state index is 0.0547. The Kier molecular flexibility index (Phi) is 3.99. The maximum atomic E-state index is 12.4. The van der Waals surface area contributed by atoms with E-state index in [1.54, 1.807) is 6.08 Å². The molecule has 5 heteroatoms. The summed E-state index contributed by atoms with van der Waals surface area (Å²) < 4.78 is 5.16. The predicted molar refractivity (Wildman–Crippen MR) is 102 cm³/mol. The molecular formula is C23H30O5. The number of aldehydes is 1. The number of aliphatic hydroxyl groups is 2. The van der Waals surface area contributed by atoms with Gasteiger partial charge in [0.2, 0.25) is 0 Å². The molecule has 152 valence electrons. The maximum absolute atomic E-state index is 12.4. The first kappa shape index (κ1) is 18.6. The fourth-order valence-electron chi connectivity index (χ4n) is 7.72. The van der Waals surface area contributed by atoms with Crippen LogP contribution >= 0.6 is 0 Å². The predicted octanol–water partition coefficient (Wildman–Crippen LogP) is 2.70. The van der Waals surface area contributed by atoms with Gasteiger partial charge in [0.1, 0.15) is 12.9 Å². The van der Waals surface area contributed by atoms with Crippen LogP contribution in [0.3, 0.4) is 0 Å². The van der Waals surface area contributed by atoms with Gasteiger partial charge in [0.05, 0.1) is 17.1 Å². The zero-order valence-corrected chi connectivity index (χ0v) is 16.5. The van der Waals surface area contributed by atoms with Gasteiger partial charge in [-0.25, -0.2) is 4.79 Å². The Balaban J connectivity index is 1.52. The van der Waals surface area contributed by atoms with E-state index >= 15 is 0 Å². The van der Waals surface area contributed by atoms with E-state index in [1.165, 1.54) is 0 Å². The highest BCUT2D eigenvalue weighted by Crippen LogP contribution is 2.68. The van der Waals surface area contributed by atoms with E-state index in [4.69, 9.17) is 4.74 Å². The highest BCUT2D eigenvalue weighted by Gasteiger charge is 2.67. The van der Waals surface area contributed by atoms with E-state index in [9.17, 15) is 19.8 Å². The average Bonchev–Trinajstić information content (AvgIpc) is 3.22. The Morgan fingerprint density at radius 2 is 2.00 bits per heavy atom. The number of esters is 1. The van der Waals surface area contributed by atoms with Gasteiger partial charge in [0.25, 0.3) is 0 Å². The van der Waals surface area contributed by atoms with Gasteiger partial charge in [-0.05, 0) is 74.7 Å². The lowest BCUT2D eigenvalue weighted by atomic mass is 9.45. The second-order valence-electron chi connectivity index (χ2n) is 10.0. The van der Waals surface area contributed by atoms with E-state index in [0.29, 0.717) is 32.3 Å². The molecule has 1 heterocycles. The van der Waals surface area contributed by atoms with Crippen molar-refractivity contribution in [2.24, 2.45) is 28.6 Å².